The Morgan fingerprint density at radius 3 is 2.57 bits per heavy atom. The number of amides is 3. The van der Waals surface area contributed by atoms with Crippen LogP contribution in [0.25, 0.3) is 0 Å². The number of carbonyl (C=O) groups excluding carboxylic acids is 2. The molecule has 1 aliphatic heterocycles. The highest BCUT2D eigenvalue weighted by Crippen LogP contribution is 2.17. The summed E-state index contributed by atoms with van der Waals surface area (Å²) in [5, 5.41) is 16.0. The van der Waals surface area contributed by atoms with Gasteiger partial charge in [0, 0.05) is 51.0 Å². The third-order valence-corrected chi connectivity index (χ3v) is 3.61. The molecular formula is C14H19N5O4. The van der Waals surface area contributed by atoms with Crippen LogP contribution in [0.15, 0.2) is 24.3 Å². The van der Waals surface area contributed by atoms with E-state index in [0.717, 1.165) is 0 Å². The summed E-state index contributed by atoms with van der Waals surface area (Å²) < 4.78 is 0. The van der Waals surface area contributed by atoms with Crippen molar-refractivity contribution in [2.45, 2.75) is 0 Å². The lowest BCUT2D eigenvalue weighted by molar-refractivity contribution is -0.384. The molecule has 2 rings (SSSR count). The predicted molar refractivity (Wildman–Crippen MR) is 84.2 cm³/mol. The first-order valence-corrected chi connectivity index (χ1v) is 7.23. The van der Waals surface area contributed by atoms with Gasteiger partial charge in [-0.25, -0.2) is 4.79 Å². The van der Waals surface area contributed by atoms with Crippen molar-refractivity contribution in [3.05, 3.63) is 34.4 Å². The highest BCUT2D eigenvalue weighted by atomic mass is 16.6. The van der Waals surface area contributed by atoms with Crippen LogP contribution in [0.3, 0.4) is 0 Å². The van der Waals surface area contributed by atoms with Crippen LogP contribution in [-0.2, 0) is 4.79 Å². The van der Waals surface area contributed by atoms with E-state index in [2.05, 4.69) is 10.6 Å². The Morgan fingerprint density at radius 1 is 1.26 bits per heavy atom. The van der Waals surface area contributed by atoms with Crippen LogP contribution >= 0.6 is 0 Å². The zero-order valence-corrected chi connectivity index (χ0v) is 12.8. The molecule has 0 radical (unpaired) electrons. The third-order valence-electron chi connectivity index (χ3n) is 3.61. The van der Waals surface area contributed by atoms with Crippen LogP contribution in [0.4, 0.5) is 16.2 Å². The normalized spacial score (nSPS) is 15.1. The maximum atomic E-state index is 12.2. The molecule has 1 aromatic carbocycles. The highest BCUT2D eigenvalue weighted by Gasteiger charge is 2.22. The summed E-state index contributed by atoms with van der Waals surface area (Å²) in [6.07, 6.45) is 0. The van der Waals surface area contributed by atoms with Crippen molar-refractivity contribution in [1.82, 2.24) is 15.1 Å². The monoisotopic (exact) mass is 321 g/mol. The second-order valence-corrected chi connectivity index (χ2v) is 5.17. The van der Waals surface area contributed by atoms with Gasteiger partial charge in [0.25, 0.3) is 5.69 Å². The molecule has 9 nitrogen and oxygen atoms in total. The molecule has 1 fully saturated rings. The molecule has 0 spiro atoms. The minimum Gasteiger partial charge on any atom is -0.358 e. The number of nitrogens with zero attached hydrogens (tertiary/aromatic N) is 3. The topological polar surface area (TPSA) is 108 Å². The molecule has 0 atom stereocenters. The van der Waals surface area contributed by atoms with Gasteiger partial charge in [-0.05, 0) is 6.07 Å². The standard InChI is InChI=1S/C14H19N5O4/c1-15-13(20)10-17-5-7-18(8-6-17)14(21)16-11-3-2-4-12(9-11)19(22)23/h2-4,9H,5-8,10H2,1H3,(H,15,20)(H,16,21). The lowest BCUT2D eigenvalue weighted by Gasteiger charge is -2.34. The number of urea groups is 1. The minimum atomic E-state index is -0.507. The maximum Gasteiger partial charge on any atom is 0.321 e. The minimum absolute atomic E-state index is 0.0560. The molecule has 1 heterocycles. The van der Waals surface area contributed by atoms with Gasteiger partial charge in [-0.2, -0.15) is 0 Å². The second-order valence-electron chi connectivity index (χ2n) is 5.17. The van der Waals surface area contributed by atoms with Crippen molar-refractivity contribution in [3.63, 3.8) is 0 Å². The van der Waals surface area contributed by atoms with Crippen LogP contribution in [0.2, 0.25) is 0 Å². The van der Waals surface area contributed by atoms with Gasteiger partial charge in [0.05, 0.1) is 11.5 Å². The molecule has 1 saturated heterocycles. The van der Waals surface area contributed by atoms with E-state index in [0.29, 0.717) is 38.4 Å². The van der Waals surface area contributed by atoms with Crippen LogP contribution in [0.1, 0.15) is 0 Å². The van der Waals surface area contributed by atoms with Crippen molar-refractivity contribution >= 4 is 23.3 Å². The van der Waals surface area contributed by atoms with Gasteiger partial charge in [0.2, 0.25) is 5.91 Å². The molecule has 124 valence electrons. The van der Waals surface area contributed by atoms with E-state index in [1.54, 1.807) is 18.0 Å². The summed E-state index contributed by atoms with van der Waals surface area (Å²) >= 11 is 0. The number of nitro groups is 1. The van der Waals surface area contributed by atoms with Gasteiger partial charge in [-0.15, -0.1) is 0 Å². The number of nitro benzene ring substituents is 1. The van der Waals surface area contributed by atoms with Crippen molar-refractivity contribution in [3.8, 4) is 0 Å². The molecule has 3 amide bonds. The zero-order valence-electron chi connectivity index (χ0n) is 12.8. The van der Waals surface area contributed by atoms with E-state index in [-0.39, 0.29) is 17.6 Å². The van der Waals surface area contributed by atoms with Crippen molar-refractivity contribution in [1.29, 1.82) is 0 Å². The number of hydrogen-bond acceptors (Lipinski definition) is 5. The summed E-state index contributed by atoms with van der Waals surface area (Å²) in [6.45, 7) is 2.53. The molecule has 1 aliphatic rings. The summed E-state index contributed by atoms with van der Waals surface area (Å²) in [7, 11) is 1.59. The first-order chi connectivity index (χ1) is 11.0. The Kier molecular flexibility index (Phi) is 5.47. The van der Waals surface area contributed by atoms with Gasteiger partial charge in [-0.1, -0.05) is 6.07 Å². The van der Waals surface area contributed by atoms with E-state index in [1.807, 2.05) is 4.90 Å². The molecule has 0 unspecified atom stereocenters. The Labute approximate surface area is 133 Å². The fraction of sp³-hybridized carbons (Fsp3) is 0.429. The molecule has 0 aliphatic carbocycles. The zero-order chi connectivity index (χ0) is 16.8. The van der Waals surface area contributed by atoms with Gasteiger partial charge < -0.3 is 15.5 Å². The lowest BCUT2D eigenvalue weighted by Crippen LogP contribution is -2.51. The Morgan fingerprint density at radius 2 is 1.96 bits per heavy atom. The first-order valence-electron chi connectivity index (χ1n) is 7.23. The number of carbonyl (C=O) groups is 2. The quantitative estimate of drug-likeness (QED) is 0.620. The largest absolute Gasteiger partial charge is 0.358 e. The van der Waals surface area contributed by atoms with Gasteiger partial charge in [-0.3, -0.25) is 19.8 Å². The Hall–Kier alpha value is -2.68. The first kappa shape index (κ1) is 16.7. The average molecular weight is 321 g/mol. The van der Waals surface area contributed by atoms with Gasteiger partial charge in [0.15, 0.2) is 0 Å². The molecule has 0 saturated carbocycles. The number of likely N-dealkylation sites (N-methyl/N-ethyl adjacent to an activating group) is 1. The number of rotatable bonds is 4. The van der Waals surface area contributed by atoms with Crippen LogP contribution in [0, 0.1) is 10.1 Å². The van der Waals surface area contributed by atoms with Crippen molar-refractivity contribution in [2.24, 2.45) is 0 Å². The number of nitrogens with one attached hydrogen (secondary N) is 2. The third kappa shape index (κ3) is 4.65. The molecule has 0 aromatic heterocycles. The highest BCUT2D eigenvalue weighted by molar-refractivity contribution is 5.89. The van der Waals surface area contributed by atoms with E-state index in [1.165, 1.54) is 18.2 Å². The Balaban J connectivity index is 1.87. The smallest absolute Gasteiger partial charge is 0.321 e. The average Bonchev–Trinajstić information content (AvgIpc) is 2.55. The number of anilines is 1. The fourth-order valence-electron chi connectivity index (χ4n) is 2.29. The fourth-order valence-corrected chi connectivity index (χ4v) is 2.29. The molecule has 2 N–H and O–H groups in total. The molecule has 23 heavy (non-hydrogen) atoms. The van der Waals surface area contributed by atoms with E-state index in [4.69, 9.17) is 0 Å². The lowest BCUT2D eigenvalue weighted by atomic mass is 10.3. The summed E-state index contributed by atoms with van der Waals surface area (Å²) in [6, 6.07) is 5.51. The number of non-ortho nitro benzene ring substituents is 1. The summed E-state index contributed by atoms with van der Waals surface area (Å²) in [5.74, 6) is -0.0560. The van der Waals surface area contributed by atoms with Crippen LogP contribution in [0.5, 0.6) is 0 Å². The molecule has 9 heteroatoms. The number of benzene rings is 1. The second kappa shape index (κ2) is 7.54. The van der Waals surface area contributed by atoms with Gasteiger partial charge >= 0.3 is 6.03 Å². The van der Waals surface area contributed by atoms with Crippen LogP contribution in [-0.4, -0.2) is 66.4 Å². The van der Waals surface area contributed by atoms with Crippen LogP contribution < -0.4 is 10.6 Å². The van der Waals surface area contributed by atoms with E-state index >= 15 is 0 Å². The predicted octanol–water partition coefficient (Wildman–Crippen LogP) is 0.490. The van der Waals surface area contributed by atoms with E-state index < -0.39 is 4.92 Å². The maximum absolute atomic E-state index is 12.2. The SMILES string of the molecule is CNC(=O)CN1CCN(C(=O)Nc2cccc([N+](=O)[O-])c2)CC1. The molecular weight excluding hydrogens is 302 g/mol. The van der Waals surface area contributed by atoms with Gasteiger partial charge in [0.1, 0.15) is 0 Å². The summed E-state index contributed by atoms with van der Waals surface area (Å²) in [5.41, 5.74) is 0.315. The molecule has 0 bridgehead atoms. The number of hydrogen-bond donors (Lipinski definition) is 2. The number of piperazine rings is 1. The Bertz CT molecular complexity index is 599. The molecule has 1 aromatic rings. The van der Waals surface area contributed by atoms with Crippen molar-refractivity contribution in [2.75, 3.05) is 45.1 Å². The summed E-state index contributed by atoms with van der Waals surface area (Å²) in [4.78, 5) is 37.3. The van der Waals surface area contributed by atoms with Crippen molar-refractivity contribution < 1.29 is 14.5 Å². The van der Waals surface area contributed by atoms with E-state index in [9.17, 15) is 19.7 Å².